The molecule has 0 spiro atoms. The van der Waals surface area contributed by atoms with Crippen LogP contribution in [-0.2, 0) is 13.2 Å². The van der Waals surface area contributed by atoms with E-state index in [2.05, 4.69) is 0 Å². The van der Waals surface area contributed by atoms with E-state index < -0.39 is 5.82 Å². The number of nitrogens with two attached hydrogens (primary N) is 1. The highest BCUT2D eigenvalue weighted by atomic mass is 35.5. The normalized spacial score (nSPS) is 10.5. The predicted molar refractivity (Wildman–Crippen MR) is 70.0 cm³/mol. The van der Waals surface area contributed by atoms with Crippen LogP contribution in [0.1, 0.15) is 11.1 Å². The summed E-state index contributed by atoms with van der Waals surface area (Å²) < 4.78 is 32.1. The highest BCUT2D eigenvalue weighted by Crippen LogP contribution is 2.21. The fourth-order valence-electron chi connectivity index (χ4n) is 1.59. The van der Waals surface area contributed by atoms with Crippen molar-refractivity contribution in [2.24, 2.45) is 5.73 Å². The average molecular weight is 284 g/mol. The van der Waals surface area contributed by atoms with Crippen LogP contribution in [0, 0.1) is 11.6 Å². The van der Waals surface area contributed by atoms with E-state index in [0.29, 0.717) is 17.9 Å². The van der Waals surface area contributed by atoms with Crippen molar-refractivity contribution < 1.29 is 13.5 Å². The quantitative estimate of drug-likeness (QED) is 0.929. The Morgan fingerprint density at radius 3 is 2.53 bits per heavy atom. The van der Waals surface area contributed by atoms with E-state index in [9.17, 15) is 8.78 Å². The van der Waals surface area contributed by atoms with Gasteiger partial charge >= 0.3 is 0 Å². The van der Waals surface area contributed by atoms with Crippen LogP contribution in [0.25, 0.3) is 0 Å². The van der Waals surface area contributed by atoms with E-state index >= 15 is 0 Å². The lowest BCUT2D eigenvalue weighted by atomic mass is 10.1. The molecule has 19 heavy (non-hydrogen) atoms. The summed E-state index contributed by atoms with van der Waals surface area (Å²) in [7, 11) is 0. The van der Waals surface area contributed by atoms with Crippen LogP contribution < -0.4 is 10.5 Å². The lowest BCUT2D eigenvalue weighted by Gasteiger charge is -2.09. The summed E-state index contributed by atoms with van der Waals surface area (Å²) in [5.41, 5.74) is 6.67. The van der Waals surface area contributed by atoms with Gasteiger partial charge in [0.05, 0.1) is 5.02 Å². The standard InChI is InChI=1S/C14H12ClF2NO/c15-12-3-2-11(6-14(12)17)19-8-10-5-9(7-18)1-4-13(10)16/h1-6H,7-8,18H2. The molecule has 0 amide bonds. The zero-order valence-electron chi connectivity index (χ0n) is 10.00. The second kappa shape index (κ2) is 5.99. The van der Waals surface area contributed by atoms with Gasteiger partial charge in [-0.1, -0.05) is 17.7 Å². The molecule has 0 unspecified atom stereocenters. The number of halogens is 3. The molecule has 0 saturated carbocycles. The highest BCUT2D eigenvalue weighted by molar-refractivity contribution is 6.30. The van der Waals surface area contributed by atoms with Crippen molar-refractivity contribution in [2.75, 3.05) is 0 Å². The van der Waals surface area contributed by atoms with Crippen molar-refractivity contribution in [2.45, 2.75) is 13.2 Å². The van der Waals surface area contributed by atoms with Crippen molar-refractivity contribution in [3.63, 3.8) is 0 Å². The van der Waals surface area contributed by atoms with Gasteiger partial charge in [0.25, 0.3) is 0 Å². The Morgan fingerprint density at radius 1 is 1.05 bits per heavy atom. The van der Waals surface area contributed by atoms with Crippen molar-refractivity contribution in [1.29, 1.82) is 0 Å². The minimum atomic E-state index is -0.574. The Labute approximate surface area is 114 Å². The summed E-state index contributed by atoms with van der Waals surface area (Å²) >= 11 is 5.56. The maximum Gasteiger partial charge on any atom is 0.145 e. The molecule has 0 aliphatic heterocycles. The van der Waals surface area contributed by atoms with Gasteiger partial charge in [-0.05, 0) is 29.8 Å². The number of rotatable bonds is 4. The first-order valence-corrected chi connectivity index (χ1v) is 6.03. The highest BCUT2D eigenvalue weighted by Gasteiger charge is 2.06. The molecular formula is C14H12ClF2NO. The van der Waals surface area contributed by atoms with Gasteiger partial charge in [-0.3, -0.25) is 0 Å². The van der Waals surface area contributed by atoms with Gasteiger partial charge in [0.2, 0.25) is 0 Å². The smallest absolute Gasteiger partial charge is 0.145 e. The van der Waals surface area contributed by atoms with Crippen LogP contribution in [0.4, 0.5) is 8.78 Å². The Kier molecular flexibility index (Phi) is 4.35. The fraction of sp³-hybridized carbons (Fsp3) is 0.143. The third-order valence-electron chi connectivity index (χ3n) is 2.63. The van der Waals surface area contributed by atoms with E-state index in [0.717, 1.165) is 11.6 Å². The lowest BCUT2D eigenvalue weighted by molar-refractivity contribution is 0.298. The fourth-order valence-corrected chi connectivity index (χ4v) is 1.71. The average Bonchev–Trinajstić information content (AvgIpc) is 2.41. The van der Waals surface area contributed by atoms with Crippen LogP contribution in [0.15, 0.2) is 36.4 Å². The molecule has 2 nitrogen and oxygen atoms in total. The van der Waals surface area contributed by atoms with Crippen LogP contribution in [0.5, 0.6) is 5.75 Å². The Bertz CT molecular complexity index is 590. The van der Waals surface area contributed by atoms with E-state index in [-0.39, 0.29) is 17.4 Å². The third kappa shape index (κ3) is 3.43. The molecule has 0 aliphatic carbocycles. The molecule has 5 heteroatoms. The topological polar surface area (TPSA) is 35.2 Å². The molecule has 0 bridgehead atoms. The summed E-state index contributed by atoms with van der Waals surface area (Å²) in [4.78, 5) is 0. The van der Waals surface area contributed by atoms with Gasteiger partial charge in [0.1, 0.15) is 24.0 Å². The van der Waals surface area contributed by atoms with E-state index in [4.69, 9.17) is 22.1 Å². The minimum absolute atomic E-state index is 0.000740. The van der Waals surface area contributed by atoms with Crippen LogP contribution >= 0.6 is 11.6 Å². The Hall–Kier alpha value is -1.65. The zero-order chi connectivity index (χ0) is 13.8. The van der Waals surface area contributed by atoms with Gasteiger partial charge in [-0.25, -0.2) is 8.78 Å². The molecule has 2 aromatic rings. The van der Waals surface area contributed by atoms with Crippen LogP contribution in [-0.4, -0.2) is 0 Å². The second-order valence-electron chi connectivity index (χ2n) is 3.99. The Morgan fingerprint density at radius 2 is 1.84 bits per heavy atom. The van der Waals surface area contributed by atoms with Crippen molar-refractivity contribution in [3.05, 3.63) is 64.2 Å². The van der Waals surface area contributed by atoms with Gasteiger partial charge in [-0.2, -0.15) is 0 Å². The molecule has 0 radical (unpaired) electrons. The molecule has 2 aromatic carbocycles. The summed E-state index contributed by atoms with van der Waals surface area (Å²) in [6.07, 6.45) is 0. The molecule has 100 valence electrons. The summed E-state index contributed by atoms with van der Waals surface area (Å²) in [6, 6.07) is 8.65. The second-order valence-corrected chi connectivity index (χ2v) is 4.40. The number of benzene rings is 2. The van der Waals surface area contributed by atoms with Crippen molar-refractivity contribution >= 4 is 11.6 Å². The first kappa shape index (κ1) is 13.8. The molecule has 0 saturated heterocycles. The Balaban J connectivity index is 2.11. The minimum Gasteiger partial charge on any atom is -0.489 e. The molecule has 0 aromatic heterocycles. The van der Waals surface area contributed by atoms with Gasteiger partial charge in [-0.15, -0.1) is 0 Å². The maximum atomic E-state index is 13.5. The maximum absolute atomic E-state index is 13.5. The summed E-state index contributed by atoms with van der Waals surface area (Å²) in [5.74, 6) is -0.665. The SMILES string of the molecule is NCc1ccc(F)c(COc2ccc(Cl)c(F)c2)c1. The van der Waals surface area contributed by atoms with Crippen molar-refractivity contribution in [1.82, 2.24) is 0 Å². The first-order chi connectivity index (χ1) is 9.10. The molecule has 0 fully saturated rings. The molecule has 2 rings (SSSR count). The first-order valence-electron chi connectivity index (χ1n) is 5.65. The number of ether oxygens (including phenoxy) is 1. The lowest BCUT2D eigenvalue weighted by Crippen LogP contribution is -2.02. The number of hydrogen-bond donors (Lipinski definition) is 1. The predicted octanol–water partition coefficient (Wildman–Crippen LogP) is 3.66. The molecule has 0 aliphatic rings. The largest absolute Gasteiger partial charge is 0.489 e. The molecular weight excluding hydrogens is 272 g/mol. The molecule has 2 N–H and O–H groups in total. The van der Waals surface area contributed by atoms with Gasteiger partial charge in [0.15, 0.2) is 0 Å². The number of hydrogen-bond acceptors (Lipinski definition) is 2. The molecule has 0 atom stereocenters. The third-order valence-corrected chi connectivity index (χ3v) is 2.94. The van der Waals surface area contributed by atoms with E-state index in [1.807, 2.05) is 0 Å². The van der Waals surface area contributed by atoms with E-state index in [1.165, 1.54) is 18.2 Å². The van der Waals surface area contributed by atoms with Crippen molar-refractivity contribution in [3.8, 4) is 5.75 Å². The van der Waals surface area contributed by atoms with Crippen LogP contribution in [0.3, 0.4) is 0 Å². The van der Waals surface area contributed by atoms with E-state index in [1.54, 1.807) is 12.1 Å². The zero-order valence-corrected chi connectivity index (χ0v) is 10.8. The summed E-state index contributed by atoms with van der Waals surface area (Å²) in [6.45, 7) is 0.323. The van der Waals surface area contributed by atoms with Gasteiger partial charge < -0.3 is 10.5 Å². The monoisotopic (exact) mass is 283 g/mol. The van der Waals surface area contributed by atoms with Gasteiger partial charge in [0, 0.05) is 18.2 Å². The summed E-state index contributed by atoms with van der Waals surface area (Å²) in [5, 5.41) is 0.0173. The van der Waals surface area contributed by atoms with Crippen LogP contribution in [0.2, 0.25) is 5.02 Å². The molecule has 0 heterocycles.